The van der Waals surface area contributed by atoms with Crippen molar-refractivity contribution in [3.8, 4) is 0 Å². The minimum Gasteiger partial charge on any atom is -0.379 e. The molecule has 0 saturated heterocycles. The number of carbonyl (C=O) groups excluding carboxylic acids is 2. The number of rotatable bonds is 8. The highest BCUT2D eigenvalue weighted by Crippen LogP contribution is 2.34. The van der Waals surface area contributed by atoms with Crippen LogP contribution in [0.25, 0.3) is 5.57 Å². The molecule has 1 aromatic heterocycles. The Kier molecular flexibility index (Phi) is 6.54. The fourth-order valence-corrected chi connectivity index (χ4v) is 3.91. The van der Waals surface area contributed by atoms with E-state index >= 15 is 0 Å². The van der Waals surface area contributed by atoms with Crippen LogP contribution in [-0.4, -0.2) is 36.0 Å². The molecule has 0 unspecified atom stereocenters. The van der Waals surface area contributed by atoms with Crippen molar-refractivity contribution in [3.05, 3.63) is 56.9 Å². The maximum atomic E-state index is 13.1. The first-order valence-corrected chi connectivity index (χ1v) is 10.4. The van der Waals surface area contributed by atoms with Gasteiger partial charge in [-0.05, 0) is 56.3 Å². The zero-order chi connectivity index (χ0) is 20.3. The number of ether oxygens (including phenoxy) is 1. The predicted octanol–water partition coefficient (Wildman–Crippen LogP) is 4.72. The molecule has 148 valence electrons. The molecule has 0 fully saturated rings. The lowest BCUT2D eigenvalue weighted by Crippen LogP contribution is -2.34. The summed E-state index contributed by atoms with van der Waals surface area (Å²) in [5.74, 6) is -0.600. The van der Waals surface area contributed by atoms with Crippen LogP contribution in [0.2, 0.25) is 5.02 Å². The van der Waals surface area contributed by atoms with E-state index in [-0.39, 0.29) is 17.9 Å². The van der Waals surface area contributed by atoms with Crippen LogP contribution in [-0.2, 0) is 14.3 Å². The number of anilines is 1. The van der Waals surface area contributed by atoms with Crippen molar-refractivity contribution in [2.45, 2.75) is 33.3 Å². The van der Waals surface area contributed by atoms with Crippen LogP contribution in [0.3, 0.4) is 0 Å². The molecule has 0 radical (unpaired) electrons. The van der Waals surface area contributed by atoms with E-state index in [0.717, 1.165) is 10.4 Å². The van der Waals surface area contributed by atoms with Gasteiger partial charge in [0.05, 0.1) is 11.7 Å². The van der Waals surface area contributed by atoms with Crippen LogP contribution in [0, 0.1) is 6.92 Å². The fourth-order valence-electron chi connectivity index (χ4n) is 2.96. The first-order chi connectivity index (χ1) is 13.4. The lowest BCUT2D eigenvalue weighted by molar-refractivity contribution is -0.137. The molecule has 2 heterocycles. The highest BCUT2D eigenvalue weighted by Gasteiger charge is 2.39. The summed E-state index contributed by atoms with van der Waals surface area (Å²) in [6, 6.07) is 9.16. The van der Waals surface area contributed by atoms with Crippen molar-refractivity contribution in [3.63, 3.8) is 0 Å². The average molecular weight is 419 g/mol. The van der Waals surface area contributed by atoms with Gasteiger partial charge in [0, 0.05) is 28.7 Å². The summed E-state index contributed by atoms with van der Waals surface area (Å²) >= 11 is 7.64. The Labute approximate surface area is 173 Å². The number of imide groups is 1. The Balaban J connectivity index is 1.88. The van der Waals surface area contributed by atoms with Gasteiger partial charge in [-0.3, -0.25) is 14.5 Å². The Morgan fingerprint density at radius 3 is 2.64 bits per heavy atom. The molecule has 1 aromatic carbocycles. The Hall–Kier alpha value is -2.15. The van der Waals surface area contributed by atoms with Gasteiger partial charge >= 0.3 is 0 Å². The Bertz CT molecular complexity index is 906. The molecule has 1 N–H and O–H groups in total. The van der Waals surface area contributed by atoms with E-state index in [4.69, 9.17) is 16.3 Å². The summed E-state index contributed by atoms with van der Waals surface area (Å²) in [7, 11) is 0. The second-order valence-electron chi connectivity index (χ2n) is 6.80. The first kappa shape index (κ1) is 20.6. The van der Waals surface area contributed by atoms with Gasteiger partial charge < -0.3 is 10.1 Å². The number of nitrogens with zero attached hydrogens (tertiary/aromatic N) is 1. The number of hydrogen-bond acceptors (Lipinski definition) is 5. The molecule has 2 amide bonds. The predicted molar refractivity (Wildman–Crippen MR) is 113 cm³/mol. The van der Waals surface area contributed by atoms with Gasteiger partial charge in [0.25, 0.3) is 11.8 Å². The lowest BCUT2D eigenvalue weighted by atomic mass is 10.1. The van der Waals surface area contributed by atoms with Crippen molar-refractivity contribution in [2.24, 2.45) is 0 Å². The van der Waals surface area contributed by atoms with Gasteiger partial charge in [-0.25, -0.2) is 0 Å². The Morgan fingerprint density at radius 1 is 1.18 bits per heavy atom. The summed E-state index contributed by atoms with van der Waals surface area (Å²) in [6.07, 6.45) is 0.712. The molecule has 0 atom stereocenters. The van der Waals surface area contributed by atoms with E-state index < -0.39 is 0 Å². The number of carbonyl (C=O) groups is 2. The summed E-state index contributed by atoms with van der Waals surface area (Å²) < 4.78 is 5.53. The summed E-state index contributed by atoms with van der Waals surface area (Å²) in [6.45, 7) is 6.60. The minimum absolute atomic E-state index is 0.118. The maximum absolute atomic E-state index is 13.1. The third-order valence-corrected chi connectivity index (χ3v) is 5.74. The molecule has 1 aliphatic rings. The van der Waals surface area contributed by atoms with Crippen molar-refractivity contribution in [1.29, 1.82) is 0 Å². The summed E-state index contributed by atoms with van der Waals surface area (Å²) in [4.78, 5) is 28.2. The molecule has 0 spiro atoms. The number of thiophene rings is 1. The summed E-state index contributed by atoms with van der Waals surface area (Å²) in [5, 5.41) is 5.66. The SMILES string of the molecule is Cc1c(Cl)cccc1NC1=C(c2cccs2)C(=O)N(CCCOC(C)C)C1=O. The van der Waals surface area contributed by atoms with Crippen molar-refractivity contribution in [2.75, 3.05) is 18.5 Å². The van der Waals surface area contributed by atoms with Gasteiger partial charge in [0.2, 0.25) is 0 Å². The topological polar surface area (TPSA) is 58.6 Å². The third-order valence-electron chi connectivity index (χ3n) is 4.44. The van der Waals surface area contributed by atoms with E-state index in [0.29, 0.717) is 41.6 Å². The fraction of sp³-hybridized carbons (Fsp3) is 0.333. The molecular weight excluding hydrogens is 396 g/mol. The normalized spacial score (nSPS) is 14.5. The number of benzene rings is 1. The van der Waals surface area contributed by atoms with Crippen LogP contribution < -0.4 is 5.32 Å². The van der Waals surface area contributed by atoms with Crippen LogP contribution in [0.4, 0.5) is 5.69 Å². The number of amides is 2. The van der Waals surface area contributed by atoms with E-state index in [1.807, 2.05) is 50.4 Å². The molecule has 7 heteroatoms. The zero-order valence-corrected chi connectivity index (χ0v) is 17.7. The van der Waals surface area contributed by atoms with E-state index in [1.165, 1.54) is 16.2 Å². The molecule has 0 bridgehead atoms. The van der Waals surface area contributed by atoms with Crippen LogP contribution in [0.5, 0.6) is 0 Å². The van der Waals surface area contributed by atoms with Crippen molar-refractivity contribution >= 4 is 46.0 Å². The van der Waals surface area contributed by atoms with E-state index in [1.54, 1.807) is 6.07 Å². The molecule has 0 aliphatic carbocycles. The second kappa shape index (κ2) is 8.90. The monoisotopic (exact) mass is 418 g/mol. The van der Waals surface area contributed by atoms with E-state index in [2.05, 4.69) is 5.32 Å². The van der Waals surface area contributed by atoms with Gasteiger partial charge in [-0.1, -0.05) is 23.7 Å². The average Bonchev–Trinajstić information content (AvgIpc) is 3.24. The maximum Gasteiger partial charge on any atom is 0.278 e. The molecule has 5 nitrogen and oxygen atoms in total. The van der Waals surface area contributed by atoms with Crippen LogP contribution in [0.1, 0.15) is 30.7 Å². The molecule has 1 aliphatic heterocycles. The molecule has 3 rings (SSSR count). The quantitative estimate of drug-likeness (QED) is 0.498. The second-order valence-corrected chi connectivity index (χ2v) is 8.15. The molecule has 2 aromatic rings. The molecule has 0 saturated carbocycles. The number of hydrogen-bond donors (Lipinski definition) is 1. The molecular formula is C21H23ClN2O3S. The first-order valence-electron chi connectivity index (χ1n) is 9.18. The largest absolute Gasteiger partial charge is 0.379 e. The smallest absolute Gasteiger partial charge is 0.278 e. The highest BCUT2D eigenvalue weighted by molar-refractivity contribution is 7.11. The highest BCUT2D eigenvalue weighted by atomic mass is 35.5. The van der Waals surface area contributed by atoms with Gasteiger partial charge in [0.1, 0.15) is 5.70 Å². The van der Waals surface area contributed by atoms with E-state index in [9.17, 15) is 9.59 Å². The van der Waals surface area contributed by atoms with Crippen LogP contribution >= 0.6 is 22.9 Å². The Morgan fingerprint density at radius 2 is 1.96 bits per heavy atom. The zero-order valence-electron chi connectivity index (χ0n) is 16.1. The summed E-state index contributed by atoms with van der Waals surface area (Å²) in [5.41, 5.74) is 2.24. The van der Waals surface area contributed by atoms with Gasteiger partial charge in [-0.15, -0.1) is 11.3 Å². The standard InChI is InChI=1S/C21H23ClN2O3S/c1-13(2)27-11-6-10-24-20(25)18(17-9-5-12-28-17)19(21(24)26)23-16-8-4-7-15(22)14(16)3/h4-5,7-9,12-13,23H,6,10-11H2,1-3H3. The van der Waals surface area contributed by atoms with Crippen molar-refractivity contribution in [1.82, 2.24) is 4.90 Å². The van der Waals surface area contributed by atoms with Crippen molar-refractivity contribution < 1.29 is 14.3 Å². The molecule has 28 heavy (non-hydrogen) atoms. The lowest BCUT2D eigenvalue weighted by Gasteiger charge is -2.16. The van der Waals surface area contributed by atoms with Gasteiger partial charge in [0.15, 0.2) is 0 Å². The minimum atomic E-state index is -0.322. The number of halogens is 1. The number of nitrogens with one attached hydrogen (secondary N) is 1. The van der Waals surface area contributed by atoms with Crippen LogP contribution in [0.15, 0.2) is 41.4 Å². The third kappa shape index (κ3) is 4.29. The van der Waals surface area contributed by atoms with Gasteiger partial charge in [-0.2, -0.15) is 0 Å².